The number of ether oxygens (including phenoxy) is 2. The maximum atomic E-state index is 13.6. The number of benzene rings is 2. The molecule has 0 N–H and O–H groups in total. The molecule has 9 heteroatoms. The number of amides is 2. The molecule has 0 saturated carbocycles. The highest BCUT2D eigenvalue weighted by Gasteiger charge is 2.38. The van der Waals surface area contributed by atoms with Crippen molar-refractivity contribution < 1.29 is 23.9 Å². The van der Waals surface area contributed by atoms with E-state index in [0.717, 1.165) is 21.1 Å². The molecule has 2 aliphatic rings. The number of fused-ring (bicyclic) bond motifs is 2. The summed E-state index contributed by atoms with van der Waals surface area (Å²) in [4.78, 5) is 47.6. The molecule has 8 nitrogen and oxygen atoms in total. The topological polar surface area (TPSA) is 89.0 Å². The summed E-state index contributed by atoms with van der Waals surface area (Å²) in [7, 11) is 1.65. The van der Waals surface area contributed by atoms with Crippen molar-refractivity contribution in [2.75, 3.05) is 23.5 Å². The number of rotatable bonds is 4. The summed E-state index contributed by atoms with van der Waals surface area (Å²) in [5.41, 5.74) is 3.15. The number of carbonyl (C=O) groups excluding carboxylic acids is 3. The lowest BCUT2D eigenvalue weighted by Crippen LogP contribution is -2.51. The molecule has 0 saturated heterocycles. The van der Waals surface area contributed by atoms with Crippen LogP contribution in [0.15, 0.2) is 36.4 Å². The summed E-state index contributed by atoms with van der Waals surface area (Å²) in [5.74, 6) is 0.334. The molecule has 2 atom stereocenters. The van der Waals surface area contributed by atoms with Gasteiger partial charge in [-0.3, -0.25) is 19.3 Å². The second kappa shape index (κ2) is 8.49. The molecule has 2 aromatic carbocycles. The largest absolute Gasteiger partial charge is 0.482 e. The van der Waals surface area contributed by atoms with Gasteiger partial charge in [-0.1, -0.05) is 0 Å². The Kier molecular flexibility index (Phi) is 5.59. The van der Waals surface area contributed by atoms with E-state index in [1.54, 1.807) is 50.4 Å². The smallest absolute Gasteiger partial charge is 0.268 e. The molecule has 0 bridgehead atoms. The summed E-state index contributed by atoms with van der Waals surface area (Å²) < 4.78 is 11.3. The van der Waals surface area contributed by atoms with Gasteiger partial charge in [-0.25, -0.2) is 4.98 Å². The number of aromatic nitrogens is 1. The highest BCUT2D eigenvalue weighted by Crippen LogP contribution is 2.40. The third-order valence-electron chi connectivity index (χ3n) is 6.38. The van der Waals surface area contributed by atoms with Crippen molar-refractivity contribution in [3.63, 3.8) is 0 Å². The molecular weight excluding hydrogens is 466 g/mol. The summed E-state index contributed by atoms with van der Waals surface area (Å²) in [5, 5.41) is 0.955. The second-order valence-electron chi connectivity index (χ2n) is 8.75. The Morgan fingerprint density at radius 3 is 2.57 bits per heavy atom. The number of carbonyl (C=O) groups is 3. The molecule has 3 heterocycles. The fraction of sp³-hybridized carbons (Fsp3) is 0.308. The summed E-state index contributed by atoms with van der Waals surface area (Å²) in [6.07, 6.45) is -0.729. The van der Waals surface area contributed by atoms with Gasteiger partial charge < -0.3 is 14.4 Å². The molecule has 0 radical (unpaired) electrons. The predicted molar refractivity (Wildman–Crippen MR) is 134 cm³/mol. The molecule has 180 valence electrons. The van der Waals surface area contributed by atoms with Gasteiger partial charge >= 0.3 is 0 Å². The van der Waals surface area contributed by atoms with Crippen LogP contribution in [0.5, 0.6) is 11.5 Å². The minimum absolute atomic E-state index is 0.0372. The Hall–Kier alpha value is -3.72. The Morgan fingerprint density at radius 1 is 1.11 bits per heavy atom. The third-order valence-corrected chi connectivity index (χ3v) is 7.27. The molecule has 0 spiro atoms. The highest BCUT2D eigenvalue weighted by atomic mass is 32.1. The van der Waals surface area contributed by atoms with Crippen LogP contribution in [0.3, 0.4) is 0 Å². The van der Waals surface area contributed by atoms with Crippen molar-refractivity contribution in [1.82, 2.24) is 4.98 Å². The van der Waals surface area contributed by atoms with Gasteiger partial charge in [0.1, 0.15) is 11.5 Å². The monoisotopic (exact) mass is 491 g/mol. The molecule has 0 fully saturated rings. The zero-order chi connectivity index (χ0) is 25.0. The number of hydrogen-bond acceptors (Lipinski definition) is 7. The molecule has 35 heavy (non-hydrogen) atoms. The molecular formula is C26H25N3O5S. The van der Waals surface area contributed by atoms with Crippen LogP contribution in [0, 0.1) is 13.8 Å². The van der Waals surface area contributed by atoms with Crippen molar-refractivity contribution in [2.24, 2.45) is 0 Å². The summed E-state index contributed by atoms with van der Waals surface area (Å²) in [6.45, 7) is 7.31. The van der Waals surface area contributed by atoms with Crippen LogP contribution in [-0.2, 0) is 9.59 Å². The quantitative estimate of drug-likeness (QED) is 0.509. The average molecular weight is 492 g/mol. The number of Topliss-reactive ketones (excluding diaryl/α,β-unsaturated/α-hetero) is 1. The van der Waals surface area contributed by atoms with Crippen LogP contribution in [-0.4, -0.2) is 48.4 Å². The standard InChI is InChI=1S/C26H25N3O5S/c1-13(25(31)18-7-8-21-19(11-18)28(5)23(30)12-33-21)29-20-10-17(24-15(3)35-16(4)27-24)6-9-22(20)34-14(2)26(29)32/h6-11,13-14H,12H2,1-5H3. The fourth-order valence-electron chi connectivity index (χ4n) is 4.49. The van der Waals surface area contributed by atoms with Gasteiger partial charge in [-0.2, -0.15) is 0 Å². The first-order valence-corrected chi connectivity index (χ1v) is 12.1. The minimum atomic E-state index is -0.801. The van der Waals surface area contributed by atoms with Crippen molar-refractivity contribution in [2.45, 2.75) is 39.8 Å². The molecule has 1 aromatic heterocycles. The minimum Gasteiger partial charge on any atom is -0.482 e. The van der Waals surface area contributed by atoms with Crippen molar-refractivity contribution in [1.29, 1.82) is 0 Å². The number of anilines is 2. The van der Waals surface area contributed by atoms with Crippen LogP contribution < -0.4 is 19.3 Å². The number of thiazole rings is 1. The molecule has 2 unspecified atom stereocenters. The Labute approximate surface area is 207 Å². The maximum absolute atomic E-state index is 13.6. The van der Waals surface area contributed by atoms with E-state index in [2.05, 4.69) is 4.98 Å². The Bertz CT molecular complexity index is 1380. The first-order chi connectivity index (χ1) is 16.7. The Balaban J connectivity index is 1.54. The van der Waals surface area contributed by atoms with Gasteiger partial charge in [-0.15, -0.1) is 11.3 Å². The van der Waals surface area contributed by atoms with E-state index in [-0.39, 0.29) is 24.2 Å². The lowest BCUT2D eigenvalue weighted by molar-refractivity contribution is -0.126. The number of aryl methyl sites for hydroxylation is 2. The molecule has 2 aliphatic heterocycles. The van der Waals surface area contributed by atoms with E-state index in [4.69, 9.17) is 9.47 Å². The van der Waals surface area contributed by atoms with Gasteiger partial charge in [0, 0.05) is 23.1 Å². The number of nitrogens with zero attached hydrogens (tertiary/aromatic N) is 3. The number of ketones is 1. The normalized spacial score (nSPS) is 17.9. The van der Waals surface area contributed by atoms with Gasteiger partial charge in [0.25, 0.3) is 11.8 Å². The van der Waals surface area contributed by atoms with Crippen molar-refractivity contribution in [3.05, 3.63) is 51.8 Å². The highest BCUT2D eigenvalue weighted by molar-refractivity contribution is 7.11. The number of likely N-dealkylation sites (N-methyl/N-ethyl adjacent to an activating group) is 1. The van der Waals surface area contributed by atoms with E-state index < -0.39 is 12.1 Å². The van der Waals surface area contributed by atoms with Crippen LogP contribution in [0.2, 0.25) is 0 Å². The SMILES string of the molecule is Cc1nc(-c2ccc3c(c2)N(C(C)C(=O)c2ccc4c(c2)N(C)C(=O)CO4)C(=O)C(C)O3)c(C)s1. The van der Waals surface area contributed by atoms with Crippen LogP contribution in [0.1, 0.15) is 34.1 Å². The van der Waals surface area contributed by atoms with Gasteiger partial charge in [-0.05, 0) is 64.1 Å². The van der Waals surface area contributed by atoms with E-state index in [1.165, 1.54) is 9.80 Å². The number of hydrogen-bond donors (Lipinski definition) is 0. The van der Waals surface area contributed by atoms with Gasteiger partial charge in [0.05, 0.1) is 28.1 Å². The van der Waals surface area contributed by atoms with E-state index in [0.29, 0.717) is 28.4 Å². The van der Waals surface area contributed by atoms with Gasteiger partial charge in [0.2, 0.25) is 0 Å². The molecule has 3 aromatic rings. The molecule has 2 amide bonds. The van der Waals surface area contributed by atoms with E-state index in [9.17, 15) is 14.4 Å². The van der Waals surface area contributed by atoms with E-state index >= 15 is 0 Å². The second-order valence-corrected chi connectivity index (χ2v) is 10.2. The van der Waals surface area contributed by atoms with Gasteiger partial charge in [0.15, 0.2) is 18.5 Å². The van der Waals surface area contributed by atoms with Crippen LogP contribution in [0.4, 0.5) is 11.4 Å². The maximum Gasteiger partial charge on any atom is 0.268 e. The zero-order valence-corrected chi connectivity index (χ0v) is 20.9. The van der Waals surface area contributed by atoms with Crippen molar-refractivity contribution >= 4 is 40.3 Å². The molecule has 5 rings (SSSR count). The first-order valence-electron chi connectivity index (χ1n) is 11.3. The zero-order valence-electron chi connectivity index (χ0n) is 20.1. The molecule has 0 aliphatic carbocycles. The lowest BCUT2D eigenvalue weighted by atomic mass is 9.99. The van der Waals surface area contributed by atoms with Crippen molar-refractivity contribution in [3.8, 4) is 22.8 Å². The third kappa shape index (κ3) is 3.85. The summed E-state index contributed by atoms with van der Waals surface area (Å²) in [6, 6.07) is 9.78. The average Bonchev–Trinajstić information content (AvgIpc) is 3.18. The first kappa shape index (κ1) is 23.0. The van der Waals surface area contributed by atoms with E-state index in [1.807, 2.05) is 32.0 Å². The summed E-state index contributed by atoms with van der Waals surface area (Å²) >= 11 is 1.61. The predicted octanol–water partition coefficient (Wildman–Crippen LogP) is 4.17. The fourth-order valence-corrected chi connectivity index (χ4v) is 5.33. The van der Waals surface area contributed by atoms with Crippen LogP contribution in [0.25, 0.3) is 11.3 Å². The lowest BCUT2D eigenvalue weighted by Gasteiger charge is -2.36. The Morgan fingerprint density at radius 2 is 1.86 bits per heavy atom. The van der Waals surface area contributed by atoms with Crippen LogP contribution >= 0.6 is 11.3 Å².